The Hall–Kier alpha value is -1.16. The van der Waals surface area contributed by atoms with Crippen LogP contribution in [0.2, 0.25) is 0 Å². The number of thioether (sulfide) groups is 1. The predicted octanol–water partition coefficient (Wildman–Crippen LogP) is 2.30. The van der Waals surface area contributed by atoms with Crippen molar-refractivity contribution in [1.82, 2.24) is 0 Å². The molecular formula is C10H12N2OS. The molecule has 0 radical (unpaired) electrons. The molecule has 1 atom stereocenters. The SMILES string of the molecule is C[C@@H]1CN=C(Nc2cccc(O)c2)S1. The van der Waals surface area contributed by atoms with Crippen molar-refractivity contribution in [2.45, 2.75) is 12.2 Å². The summed E-state index contributed by atoms with van der Waals surface area (Å²) in [7, 11) is 0. The number of nitrogens with zero attached hydrogens (tertiary/aromatic N) is 1. The molecule has 1 aromatic carbocycles. The highest BCUT2D eigenvalue weighted by Gasteiger charge is 2.14. The first kappa shape index (κ1) is 9.40. The van der Waals surface area contributed by atoms with Crippen molar-refractivity contribution in [2.75, 3.05) is 11.9 Å². The quantitative estimate of drug-likeness (QED) is 0.744. The van der Waals surface area contributed by atoms with Crippen molar-refractivity contribution in [1.29, 1.82) is 0 Å². The molecule has 1 aliphatic rings. The zero-order chi connectivity index (χ0) is 9.97. The Kier molecular flexibility index (Phi) is 2.63. The number of nitrogens with one attached hydrogen (secondary N) is 1. The maximum Gasteiger partial charge on any atom is 0.161 e. The normalized spacial score (nSPS) is 20.6. The summed E-state index contributed by atoms with van der Waals surface area (Å²) in [5.74, 6) is 0.270. The molecule has 0 aliphatic carbocycles. The van der Waals surface area contributed by atoms with Gasteiger partial charge in [-0.05, 0) is 12.1 Å². The van der Waals surface area contributed by atoms with Gasteiger partial charge in [-0.1, -0.05) is 24.8 Å². The van der Waals surface area contributed by atoms with Crippen LogP contribution in [-0.4, -0.2) is 22.1 Å². The van der Waals surface area contributed by atoms with Gasteiger partial charge in [-0.25, -0.2) is 0 Å². The van der Waals surface area contributed by atoms with Crippen molar-refractivity contribution >= 4 is 22.6 Å². The van der Waals surface area contributed by atoms with Crippen LogP contribution in [0.3, 0.4) is 0 Å². The minimum absolute atomic E-state index is 0.270. The molecule has 1 heterocycles. The van der Waals surface area contributed by atoms with E-state index in [0.29, 0.717) is 5.25 Å². The molecule has 4 heteroatoms. The zero-order valence-corrected chi connectivity index (χ0v) is 8.71. The molecule has 0 amide bonds. The van der Waals surface area contributed by atoms with Crippen LogP contribution in [0.25, 0.3) is 0 Å². The third-order valence-electron chi connectivity index (χ3n) is 1.90. The van der Waals surface area contributed by atoms with Gasteiger partial charge in [0.15, 0.2) is 5.17 Å². The van der Waals surface area contributed by atoms with Crippen LogP contribution in [0.1, 0.15) is 6.92 Å². The summed E-state index contributed by atoms with van der Waals surface area (Å²) >= 11 is 1.72. The Morgan fingerprint density at radius 2 is 2.43 bits per heavy atom. The van der Waals surface area contributed by atoms with E-state index >= 15 is 0 Å². The van der Waals surface area contributed by atoms with E-state index in [1.807, 2.05) is 6.07 Å². The molecule has 74 valence electrons. The van der Waals surface area contributed by atoms with Crippen LogP contribution in [-0.2, 0) is 0 Å². The number of aromatic hydroxyl groups is 1. The van der Waals surface area contributed by atoms with Crippen LogP contribution in [0, 0.1) is 0 Å². The van der Waals surface area contributed by atoms with Gasteiger partial charge < -0.3 is 10.4 Å². The second-order valence-electron chi connectivity index (χ2n) is 3.25. The Balaban J connectivity index is 2.04. The molecule has 2 N–H and O–H groups in total. The van der Waals surface area contributed by atoms with E-state index in [1.165, 1.54) is 0 Å². The topological polar surface area (TPSA) is 44.6 Å². The van der Waals surface area contributed by atoms with Crippen LogP contribution in [0.4, 0.5) is 5.69 Å². The maximum absolute atomic E-state index is 9.25. The lowest BCUT2D eigenvalue weighted by Gasteiger charge is -2.05. The third-order valence-corrected chi connectivity index (χ3v) is 2.91. The standard InChI is InChI=1S/C10H12N2OS/c1-7-6-11-10(14-7)12-8-3-2-4-9(13)5-8/h2-5,7,13H,6H2,1H3,(H,11,12)/t7-/m1/s1. The van der Waals surface area contributed by atoms with Crippen LogP contribution >= 0.6 is 11.8 Å². The van der Waals surface area contributed by atoms with Gasteiger partial charge >= 0.3 is 0 Å². The van der Waals surface area contributed by atoms with Gasteiger partial charge in [-0.3, -0.25) is 4.99 Å². The van der Waals surface area contributed by atoms with Crippen LogP contribution < -0.4 is 5.32 Å². The molecular weight excluding hydrogens is 196 g/mol. The van der Waals surface area contributed by atoms with E-state index in [9.17, 15) is 5.11 Å². The molecule has 1 aromatic rings. The number of hydrogen-bond acceptors (Lipinski definition) is 4. The number of aliphatic imine (C=N–C) groups is 1. The highest BCUT2D eigenvalue weighted by Crippen LogP contribution is 2.23. The molecule has 2 rings (SSSR count). The van der Waals surface area contributed by atoms with Gasteiger partial charge in [-0.15, -0.1) is 0 Å². The number of hydrogen-bond donors (Lipinski definition) is 2. The number of phenols is 1. The molecule has 0 spiro atoms. The first-order valence-electron chi connectivity index (χ1n) is 4.51. The van der Waals surface area contributed by atoms with E-state index in [4.69, 9.17) is 0 Å². The van der Waals surface area contributed by atoms with Gasteiger partial charge in [0.2, 0.25) is 0 Å². The summed E-state index contributed by atoms with van der Waals surface area (Å²) in [6.07, 6.45) is 0. The molecule has 1 aliphatic heterocycles. The number of benzene rings is 1. The fraction of sp³-hybridized carbons (Fsp3) is 0.300. The molecule has 0 fully saturated rings. The van der Waals surface area contributed by atoms with Crippen LogP contribution in [0.5, 0.6) is 5.75 Å². The van der Waals surface area contributed by atoms with E-state index in [-0.39, 0.29) is 5.75 Å². The number of anilines is 1. The van der Waals surface area contributed by atoms with Gasteiger partial charge in [0, 0.05) is 17.0 Å². The van der Waals surface area contributed by atoms with E-state index in [2.05, 4.69) is 17.2 Å². The molecule has 3 nitrogen and oxygen atoms in total. The third kappa shape index (κ3) is 2.20. The minimum atomic E-state index is 0.270. The average Bonchev–Trinajstić information content (AvgIpc) is 2.51. The molecule has 0 saturated carbocycles. The molecule has 0 saturated heterocycles. The van der Waals surface area contributed by atoms with E-state index < -0.39 is 0 Å². The van der Waals surface area contributed by atoms with Crippen molar-refractivity contribution in [3.05, 3.63) is 24.3 Å². The summed E-state index contributed by atoms with van der Waals surface area (Å²) in [5.41, 5.74) is 0.880. The molecule has 0 bridgehead atoms. The summed E-state index contributed by atoms with van der Waals surface area (Å²) < 4.78 is 0. The fourth-order valence-corrected chi connectivity index (χ4v) is 2.11. The number of phenolic OH excluding ortho intramolecular Hbond substituents is 1. The maximum atomic E-state index is 9.25. The fourth-order valence-electron chi connectivity index (χ4n) is 1.25. The van der Waals surface area contributed by atoms with Crippen LogP contribution in [0.15, 0.2) is 29.3 Å². The summed E-state index contributed by atoms with van der Waals surface area (Å²) in [5, 5.41) is 13.9. The Bertz CT molecular complexity index is 365. The molecule has 0 unspecified atom stereocenters. The van der Waals surface area contributed by atoms with E-state index in [1.54, 1.807) is 30.0 Å². The molecule has 0 aromatic heterocycles. The minimum Gasteiger partial charge on any atom is -0.508 e. The van der Waals surface area contributed by atoms with Gasteiger partial charge in [0.1, 0.15) is 5.75 Å². The lowest BCUT2D eigenvalue weighted by molar-refractivity contribution is 0.475. The van der Waals surface area contributed by atoms with Gasteiger partial charge in [-0.2, -0.15) is 0 Å². The van der Waals surface area contributed by atoms with Crippen molar-refractivity contribution in [3.8, 4) is 5.75 Å². The highest BCUT2D eigenvalue weighted by atomic mass is 32.2. The largest absolute Gasteiger partial charge is 0.508 e. The Labute approximate surface area is 87.2 Å². The second-order valence-corrected chi connectivity index (χ2v) is 4.68. The Morgan fingerprint density at radius 3 is 3.07 bits per heavy atom. The van der Waals surface area contributed by atoms with E-state index in [0.717, 1.165) is 17.4 Å². The first-order chi connectivity index (χ1) is 6.74. The lowest BCUT2D eigenvalue weighted by atomic mass is 10.3. The monoisotopic (exact) mass is 208 g/mol. The lowest BCUT2D eigenvalue weighted by Crippen LogP contribution is -2.05. The first-order valence-corrected chi connectivity index (χ1v) is 5.39. The summed E-state index contributed by atoms with van der Waals surface area (Å²) in [4.78, 5) is 4.33. The summed E-state index contributed by atoms with van der Waals surface area (Å²) in [6, 6.07) is 7.05. The average molecular weight is 208 g/mol. The Morgan fingerprint density at radius 1 is 1.57 bits per heavy atom. The molecule has 14 heavy (non-hydrogen) atoms. The van der Waals surface area contributed by atoms with Gasteiger partial charge in [0.05, 0.1) is 6.54 Å². The zero-order valence-electron chi connectivity index (χ0n) is 7.90. The highest BCUT2D eigenvalue weighted by molar-refractivity contribution is 8.15. The van der Waals surface area contributed by atoms with Gasteiger partial charge in [0.25, 0.3) is 0 Å². The second kappa shape index (κ2) is 3.92. The number of amidine groups is 1. The number of rotatable bonds is 1. The predicted molar refractivity (Wildman–Crippen MR) is 61.1 cm³/mol. The van der Waals surface area contributed by atoms with Crippen molar-refractivity contribution in [3.63, 3.8) is 0 Å². The smallest absolute Gasteiger partial charge is 0.161 e. The van der Waals surface area contributed by atoms with Crippen molar-refractivity contribution in [2.24, 2.45) is 4.99 Å². The summed E-state index contributed by atoms with van der Waals surface area (Å²) in [6.45, 7) is 3.01. The van der Waals surface area contributed by atoms with Crippen molar-refractivity contribution < 1.29 is 5.11 Å².